The fourth-order valence-corrected chi connectivity index (χ4v) is 5.76. The predicted octanol–water partition coefficient (Wildman–Crippen LogP) is 3.88. The summed E-state index contributed by atoms with van der Waals surface area (Å²) in [5, 5.41) is 0.0387. The van der Waals surface area contributed by atoms with Crippen molar-refractivity contribution in [2.24, 2.45) is 5.73 Å². The van der Waals surface area contributed by atoms with E-state index in [-0.39, 0.29) is 19.9 Å². The third-order valence-electron chi connectivity index (χ3n) is 3.24. The Bertz CT molecular complexity index is 638. The second kappa shape index (κ2) is 7.10. The van der Waals surface area contributed by atoms with Gasteiger partial charge in [-0.2, -0.15) is 4.72 Å². The second-order valence-electron chi connectivity index (χ2n) is 4.46. The molecule has 0 aliphatic heterocycles. The van der Waals surface area contributed by atoms with Crippen LogP contribution in [0.15, 0.2) is 21.5 Å². The SMILES string of the molecule is CCC(CC)(NS(=O)(=O)c1c(Cl)cc(Br)cc1Cl)C(N)=S. The minimum Gasteiger partial charge on any atom is -0.392 e. The normalized spacial score (nSPS) is 12.4. The van der Waals surface area contributed by atoms with Crippen molar-refractivity contribution in [1.29, 1.82) is 0 Å². The number of rotatable bonds is 6. The molecule has 1 aromatic carbocycles. The van der Waals surface area contributed by atoms with E-state index in [1.54, 1.807) is 13.8 Å². The maximum atomic E-state index is 12.6. The lowest BCUT2D eigenvalue weighted by molar-refractivity contribution is 0.466. The number of nitrogens with one attached hydrogen (secondary N) is 1. The molecule has 0 aromatic heterocycles. The Balaban J connectivity index is 3.40. The highest BCUT2D eigenvalue weighted by molar-refractivity contribution is 9.10. The number of sulfonamides is 1. The Kier molecular flexibility index (Phi) is 6.47. The van der Waals surface area contributed by atoms with Gasteiger partial charge in [0.25, 0.3) is 0 Å². The van der Waals surface area contributed by atoms with Crippen LogP contribution in [0.3, 0.4) is 0 Å². The van der Waals surface area contributed by atoms with Crippen LogP contribution in [0.4, 0.5) is 0 Å². The standard InChI is InChI=1S/C12H15BrCl2N2O2S2/c1-3-12(4-2,11(16)20)17-21(18,19)10-8(14)5-7(13)6-9(10)15/h5-6,17H,3-4H2,1-2H3,(H2,16,20). The molecule has 1 aromatic rings. The highest BCUT2D eigenvalue weighted by Crippen LogP contribution is 2.34. The van der Waals surface area contributed by atoms with Crippen molar-refractivity contribution in [1.82, 2.24) is 4.72 Å². The summed E-state index contributed by atoms with van der Waals surface area (Å²) in [5.74, 6) is 0. The van der Waals surface area contributed by atoms with Crippen molar-refractivity contribution in [3.8, 4) is 0 Å². The number of hydrogen-bond acceptors (Lipinski definition) is 3. The van der Waals surface area contributed by atoms with Gasteiger partial charge in [0, 0.05) is 4.47 Å². The van der Waals surface area contributed by atoms with Gasteiger partial charge < -0.3 is 5.73 Å². The molecular weight excluding hydrogens is 419 g/mol. The van der Waals surface area contributed by atoms with Crippen molar-refractivity contribution < 1.29 is 8.42 Å². The molecule has 0 spiro atoms. The van der Waals surface area contributed by atoms with Crippen LogP contribution in [0, 0.1) is 0 Å². The van der Waals surface area contributed by atoms with Gasteiger partial charge in [0.2, 0.25) is 10.0 Å². The first-order valence-corrected chi connectivity index (χ1v) is 9.52. The van der Waals surface area contributed by atoms with Gasteiger partial charge in [0.1, 0.15) is 4.90 Å². The summed E-state index contributed by atoms with van der Waals surface area (Å²) in [6, 6.07) is 2.92. The Labute approximate surface area is 148 Å². The molecule has 4 nitrogen and oxygen atoms in total. The van der Waals surface area contributed by atoms with E-state index in [4.69, 9.17) is 41.2 Å². The Hall–Kier alpha value is 0.0800. The molecule has 3 N–H and O–H groups in total. The lowest BCUT2D eigenvalue weighted by atomic mass is 9.94. The van der Waals surface area contributed by atoms with Crippen LogP contribution in [-0.4, -0.2) is 18.9 Å². The van der Waals surface area contributed by atoms with Crippen LogP contribution in [0.25, 0.3) is 0 Å². The first kappa shape index (κ1) is 19.1. The molecule has 0 bridgehead atoms. The van der Waals surface area contributed by atoms with Gasteiger partial charge in [-0.15, -0.1) is 0 Å². The van der Waals surface area contributed by atoms with Gasteiger partial charge in [0.05, 0.1) is 20.6 Å². The Morgan fingerprint density at radius 1 is 1.33 bits per heavy atom. The molecule has 118 valence electrons. The van der Waals surface area contributed by atoms with E-state index in [1.165, 1.54) is 12.1 Å². The molecule has 9 heteroatoms. The molecule has 0 aliphatic carbocycles. The maximum absolute atomic E-state index is 12.6. The zero-order valence-corrected chi connectivity index (χ0v) is 16.1. The number of hydrogen-bond donors (Lipinski definition) is 2. The molecule has 21 heavy (non-hydrogen) atoms. The molecular formula is C12H15BrCl2N2O2S2. The number of thiocarbonyl (C=S) groups is 1. The number of nitrogens with two attached hydrogens (primary N) is 1. The zero-order valence-electron chi connectivity index (χ0n) is 11.4. The minimum absolute atomic E-state index is 0.0194. The summed E-state index contributed by atoms with van der Waals surface area (Å²) in [7, 11) is -3.97. The highest BCUT2D eigenvalue weighted by Gasteiger charge is 2.36. The Morgan fingerprint density at radius 2 is 1.76 bits per heavy atom. The molecule has 0 amide bonds. The predicted molar refractivity (Wildman–Crippen MR) is 94.6 cm³/mol. The fraction of sp³-hybridized carbons (Fsp3) is 0.417. The van der Waals surface area contributed by atoms with E-state index in [1.807, 2.05) is 0 Å². The second-order valence-corrected chi connectivity index (χ2v) is 8.25. The molecule has 0 saturated carbocycles. The summed E-state index contributed by atoms with van der Waals surface area (Å²) in [6.45, 7) is 3.60. The van der Waals surface area contributed by atoms with Gasteiger partial charge >= 0.3 is 0 Å². The topological polar surface area (TPSA) is 72.2 Å². The Morgan fingerprint density at radius 3 is 2.10 bits per heavy atom. The summed E-state index contributed by atoms with van der Waals surface area (Å²) in [4.78, 5) is -0.100. The maximum Gasteiger partial charge on any atom is 0.244 e. The van der Waals surface area contributed by atoms with Gasteiger partial charge in [-0.25, -0.2) is 8.42 Å². The summed E-state index contributed by atoms with van der Waals surface area (Å²) >= 11 is 20.2. The lowest BCUT2D eigenvalue weighted by Gasteiger charge is -2.31. The average Bonchev–Trinajstić information content (AvgIpc) is 2.33. The van der Waals surface area contributed by atoms with Crippen molar-refractivity contribution in [3.05, 3.63) is 26.7 Å². The highest BCUT2D eigenvalue weighted by atomic mass is 79.9. The fourth-order valence-electron chi connectivity index (χ4n) is 1.89. The molecule has 0 radical (unpaired) electrons. The largest absolute Gasteiger partial charge is 0.392 e. The number of benzene rings is 1. The molecule has 0 aliphatic rings. The smallest absolute Gasteiger partial charge is 0.244 e. The van der Waals surface area contributed by atoms with Gasteiger partial charge in [-0.1, -0.05) is 65.2 Å². The van der Waals surface area contributed by atoms with Gasteiger partial charge in [-0.05, 0) is 25.0 Å². The average molecular weight is 434 g/mol. The van der Waals surface area contributed by atoms with Crippen LogP contribution in [0.5, 0.6) is 0 Å². The molecule has 0 atom stereocenters. The molecule has 0 saturated heterocycles. The molecule has 1 rings (SSSR count). The van der Waals surface area contributed by atoms with Crippen LogP contribution in [0.2, 0.25) is 10.0 Å². The first-order valence-electron chi connectivity index (χ1n) is 6.08. The van der Waals surface area contributed by atoms with Crippen LogP contribution in [0.1, 0.15) is 26.7 Å². The van der Waals surface area contributed by atoms with Crippen molar-refractivity contribution in [3.63, 3.8) is 0 Å². The van der Waals surface area contributed by atoms with Crippen LogP contribution < -0.4 is 10.5 Å². The van der Waals surface area contributed by atoms with Crippen LogP contribution >= 0.6 is 51.3 Å². The molecule has 0 unspecified atom stereocenters. The van der Waals surface area contributed by atoms with Crippen molar-refractivity contribution >= 4 is 66.4 Å². The van der Waals surface area contributed by atoms with Crippen molar-refractivity contribution in [2.75, 3.05) is 0 Å². The van der Waals surface area contributed by atoms with E-state index in [2.05, 4.69) is 20.7 Å². The summed E-state index contributed by atoms with van der Waals surface area (Å²) in [5.41, 5.74) is 4.70. The molecule has 0 fully saturated rings. The monoisotopic (exact) mass is 432 g/mol. The summed E-state index contributed by atoms with van der Waals surface area (Å²) < 4.78 is 28.4. The van der Waals surface area contributed by atoms with E-state index >= 15 is 0 Å². The third kappa shape index (κ3) is 4.09. The van der Waals surface area contributed by atoms with E-state index in [9.17, 15) is 8.42 Å². The zero-order chi connectivity index (χ0) is 16.4. The first-order chi connectivity index (χ1) is 9.59. The van der Waals surface area contributed by atoms with Crippen LogP contribution in [-0.2, 0) is 10.0 Å². The third-order valence-corrected chi connectivity index (χ3v) is 6.55. The van der Waals surface area contributed by atoms with Gasteiger partial charge in [-0.3, -0.25) is 0 Å². The quantitative estimate of drug-likeness (QED) is 0.667. The van der Waals surface area contributed by atoms with E-state index in [0.29, 0.717) is 17.3 Å². The van der Waals surface area contributed by atoms with Crippen molar-refractivity contribution in [2.45, 2.75) is 37.1 Å². The van der Waals surface area contributed by atoms with Gasteiger partial charge in [0.15, 0.2) is 0 Å². The van der Waals surface area contributed by atoms with E-state index < -0.39 is 15.6 Å². The molecule has 0 heterocycles. The summed E-state index contributed by atoms with van der Waals surface area (Å²) in [6.07, 6.45) is 0.841. The van der Waals surface area contributed by atoms with E-state index in [0.717, 1.165) is 0 Å². The minimum atomic E-state index is -3.97. The number of halogens is 3. The lowest BCUT2D eigenvalue weighted by Crippen LogP contribution is -2.55.